The topological polar surface area (TPSA) is 72.7 Å². The third-order valence-electron chi connectivity index (χ3n) is 4.45. The summed E-state index contributed by atoms with van der Waals surface area (Å²) in [4.78, 5) is 24.9. The minimum atomic E-state index is -0.471. The van der Waals surface area contributed by atoms with Gasteiger partial charge in [0.25, 0.3) is 5.69 Å². The van der Waals surface area contributed by atoms with Crippen LogP contribution >= 0.6 is 0 Å². The van der Waals surface area contributed by atoms with Crippen LogP contribution < -0.4 is 0 Å². The Kier molecular flexibility index (Phi) is 6.58. The summed E-state index contributed by atoms with van der Waals surface area (Å²) in [5, 5.41) is 11.1. The number of amides is 1. The van der Waals surface area contributed by atoms with Gasteiger partial charge in [-0.2, -0.15) is 0 Å². The fourth-order valence-electron chi connectivity index (χ4n) is 2.90. The lowest BCUT2D eigenvalue weighted by Crippen LogP contribution is -2.30. The molecule has 3 aromatic carbocycles. The first-order chi connectivity index (χ1) is 14.0. The van der Waals surface area contributed by atoms with Gasteiger partial charge in [0.2, 0.25) is 0 Å². The number of carbonyl (C=O) groups is 1. The molecule has 0 saturated heterocycles. The maximum absolute atomic E-state index is 12.8. The Morgan fingerprint density at radius 1 is 0.897 bits per heavy atom. The second-order valence-corrected chi connectivity index (χ2v) is 6.81. The molecule has 0 aliphatic heterocycles. The number of non-ortho nitro benzene ring substituents is 1. The molecule has 1 amide bonds. The van der Waals surface area contributed by atoms with E-state index in [1.165, 1.54) is 12.1 Å². The average molecular weight is 390 g/mol. The molecular weight excluding hydrogens is 368 g/mol. The molecule has 6 nitrogen and oxygen atoms in total. The van der Waals surface area contributed by atoms with E-state index in [1.54, 1.807) is 17.0 Å². The molecule has 3 aromatic rings. The highest BCUT2D eigenvalue weighted by molar-refractivity contribution is 5.67. The molecule has 0 aliphatic carbocycles. The molecule has 3 rings (SSSR count). The van der Waals surface area contributed by atoms with Crippen LogP contribution in [0.5, 0.6) is 0 Å². The van der Waals surface area contributed by atoms with Crippen LogP contribution in [0.1, 0.15) is 22.3 Å². The van der Waals surface area contributed by atoms with Crippen LogP contribution in [0.3, 0.4) is 0 Å². The van der Waals surface area contributed by atoms with Crippen molar-refractivity contribution < 1.29 is 14.5 Å². The zero-order valence-electron chi connectivity index (χ0n) is 16.2. The smallest absolute Gasteiger partial charge is 0.410 e. The zero-order valence-corrected chi connectivity index (χ0v) is 16.2. The quantitative estimate of drug-likeness (QED) is 0.408. The van der Waals surface area contributed by atoms with Gasteiger partial charge < -0.3 is 4.74 Å². The number of benzene rings is 3. The molecule has 148 valence electrons. The van der Waals surface area contributed by atoms with Crippen LogP contribution in [0, 0.1) is 17.0 Å². The van der Waals surface area contributed by atoms with Crippen molar-refractivity contribution in [1.29, 1.82) is 0 Å². The van der Waals surface area contributed by atoms with Crippen molar-refractivity contribution in [2.24, 2.45) is 0 Å². The monoisotopic (exact) mass is 390 g/mol. The summed E-state index contributed by atoms with van der Waals surface area (Å²) in [5.74, 6) is 0. The van der Waals surface area contributed by atoms with Crippen molar-refractivity contribution in [1.82, 2.24) is 4.90 Å². The van der Waals surface area contributed by atoms with Crippen LogP contribution in [0.2, 0.25) is 0 Å². The number of aryl methyl sites for hydroxylation is 1. The lowest BCUT2D eigenvalue weighted by molar-refractivity contribution is -0.384. The first-order valence-electron chi connectivity index (χ1n) is 9.26. The summed E-state index contributed by atoms with van der Waals surface area (Å²) in [6.45, 7) is 2.72. The number of hydrogen-bond donors (Lipinski definition) is 0. The van der Waals surface area contributed by atoms with Gasteiger partial charge in [-0.1, -0.05) is 72.3 Å². The SMILES string of the molecule is Cc1ccc(CN(Cc2cccc([N+](=O)[O-])c2)C(=O)OCc2ccccc2)cc1. The largest absolute Gasteiger partial charge is 0.445 e. The Bertz CT molecular complexity index is 972. The third kappa shape index (κ3) is 5.90. The fourth-order valence-corrected chi connectivity index (χ4v) is 2.90. The summed E-state index contributed by atoms with van der Waals surface area (Å²) in [7, 11) is 0. The Morgan fingerprint density at radius 3 is 2.24 bits per heavy atom. The molecule has 0 fully saturated rings. The summed E-state index contributed by atoms with van der Waals surface area (Å²) in [5.41, 5.74) is 3.65. The number of nitro benzene ring substituents is 1. The van der Waals surface area contributed by atoms with Gasteiger partial charge in [0.1, 0.15) is 6.61 Å². The lowest BCUT2D eigenvalue weighted by atomic mass is 10.1. The summed E-state index contributed by atoms with van der Waals surface area (Å²) >= 11 is 0. The lowest BCUT2D eigenvalue weighted by Gasteiger charge is -2.22. The molecule has 0 unspecified atom stereocenters. The third-order valence-corrected chi connectivity index (χ3v) is 4.45. The average Bonchev–Trinajstić information content (AvgIpc) is 2.74. The van der Waals surface area contributed by atoms with Crippen molar-refractivity contribution in [2.45, 2.75) is 26.6 Å². The van der Waals surface area contributed by atoms with Gasteiger partial charge in [-0.15, -0.1) is 0 Å². The molecule has 29 heavy (non-hydrogen) atoms. The molecule has 0 aromatic heterocycles. The van der Waals surface area contributed by atoms with E-state index < -0.39 is 11.0 Å². The molecule has 0 spiro atoms. The second-order valence-electron chi connectivity index (χ2n) is 6.81. The van der Waals surface area contributed by atoms with Gasteiger partial charge >= 0.3 is 6.09 Å². The Balaban J connectivity index is 1.76. The van der Waals surface area contributed by atoms with Crippen LogP contribution in [0.4, 0.5) is 10.5 Å². The number of ether oxygens (including phenoxy) is 1. The van der Waals surface area contributed by atoms with Gasteiger partial charge in [0, 0.05) is 25.2 Å². The summed E-state index contributed by atoms with van der Waals surface area (Å²) in [6, 6.07) is 23.6. The van der Waals surface area contributed by atoms with E-state index in [0.29, 0.717) is 12.1 Å². The molecule has 0 saturated carbocycles. The Labute approximate surface area is 169 Å². The van der Waals surface area contributed by atoms with Gasteiger partial charge in [-0.05, 0) is 23.6 Å². The van der Waals surface area contributed by atoms with Gasteiger partial charge in [0.15, 0.2) is 0 Å². The highest BCUT2D eigenvalue weighted by atomic mass is 16.6. The zero-order chi connectivity index (χ0) is 20.6. The van der Waals surface area contributed by atoms with E-state index in [1.807, 2.05) is 61.5 Å². The number of nitrogens with zero attached hydrogens (tertiary/aromatic N) is 2. The molecular formula is C23H22N2O4. The van der Waals surface area contributed by atoms with Gasteiger partial charge in [0.05, 0.1) is 4.92 Å². The molecule has 0 aliphatic rings. The van der Waals surface area contributed by atoms with Crippen molar-refractivity contribution in [2.75, 3.05) is 0 Å². The molecule has 0 N–H and O–H groups in total. The predicted octanol–water partition coefficient (Wildman–Crippen LogP) is 5.24. The normalized spacial score (nSPS) is 10.4. The fraction of sp³-hybridized carbons (Fsp3) is 0.174. The van der Waals surface area contributed by atoms with Gasteiger partial charge in [-0.25, -0.2) is 4.79 Å². The van der Waals surface area contributed by atoms with Crippen LogP contribution in [0.15, 0.2) is 78.9 Å². The Hall–Kier alpha value is -3.67. The first kappa shape index (κ1) is 20.1. The van der Waals surface area contributed by atoms with Crippen molar-refractivity contribution in [3.05, 3.63) is 111 Å². The number of nitro groups is 1. The van der Waals surface area contributed by atoms with Crippen molar-refractivity contribution in [3.63, 3.8) is 0 Å². The minimum absolute atomic E-state index is 0.00422. The number of hydrogen-bond acceptors (Lipinski definition) is 4. The molecule has 0 heterocycles. The maximum atomic E-state index is 12.8. The highest BCUT2D eigenvalue weighted by Gasteiger charge is 2.18. The molecule has 6 heteroatoms. The van der Waals surface area contributed by atoms with E-state index in [2.05, 4.69) is 0 Å². The molecule has 0 atom stereocenters. The first-order valence-corrected chi connectivity index (χ1v) is 9.26. The van der Waals surface area contributed by atoms with E-state index in [4.69, 9.17) is 4.74 Å². The molecule has 0 radical (unpaired) electrons. The van der Waals surface area contributed by atoms with E-state index >= 15 is 0 Å². The number of carbonyl (C=O) groups excluding carboxylic acids is 1. The maximum Gasteiger partial charge on any atom is 0.410 e. The second kappa shape index (κ2) is 9.50. The molecule has 0 bridgehead atoms. The Morgan fingerprint density at radius 2 is 1.55 bits per heavy atom. The highest BCUT2D eigenvalue weighted by Crippen LogP contribution is 2.17. The summed E-state index contributed by atoms with van der Waals surface area (Å²) in [6.07, 6.45) is -0.471. The van der Waals surface area contributed by atoms with Crippen molar-refractivity contribution >= 4 is 11.8 Å². The van der Waals surface area contributed by atoms with Crippen LogP contribution in [0.25, 0.3) is 0 Å². The van der Waals surface area contributed by atoms with Gasteiger partial charge in [-0.3, -0.25) is 15.0 Å². The summed E-state index contributed by atoms with van der Waals surface area (Å²) < 4.78 is 5.49. The van der Waals surface area contributed by atoms with E-state index in [-0.39, 0.29) is 18.8 Å². The van der Waals surface area contributed by atoms with E-state index in [9.17, 15) is 14.9 Å². The van der Waals surface area contributed by atoms with Crippen LogP contribution in [-0.2, 0) is 24.4 Å². The standard InChI is InChI=1S/C23H22N2O4/c1-18-10-12-19(13-11-18)15-24(16-21-8-5-9-22(14-21)25(27)28)23(26)29-17-20-6-3-2-4-7-20/h2-14H,15-17H2,1H3. The number of rotatable bonds is 7. The van der Waals surface area contributed by atoms with Crippen LogP contribution in [-0.4, -0.2) is 15.9 Å². The van der Waals surface area contributed by atoms with E-state index in [0.717, 1.165) is 16.7 Å². The van der Waals surface area contributed by atoms with Crippen molar-refractivity contribution in [3.8, 4) is 0 Å². The predicted molar refractivity (Wildman–Crippen MR) is 110 cm³/mol. The minimum Gasteiger partial charge on any atom is -0.445 e.